The molecule has 17 heavy (non-hydrogen) atoms. The summed E-state index contributed by atoms with van der Waals surface area (Å²) in [4.78, 5) is 10.5. The van der Waals surface area contributed by atoms with Gasteiger partial charge in [-0.1, -0.05) is 0 Å². The minimum atomic E-state index is -0.744. The molecule has 0 fully saturated rings. The molecule has 90 valence electrons. The van der Waals surface area contributed by atoms with Gasteiger partial charge in [0, 0.05) is 22.8 Å². The van der Waals surface area contributed by atoms with Crippen LogP contribution in [-0.4, -0.2) is 17.1 Å². The van der Waals surface area contributed by atoms with Gasteiger partial charge in [-0.2, -0.15) is 0 Å². The van der Waals surface area contributed by atoms with Gasteiger partial charge in [-0.15, -0.1) is 11.3 Å². The average molecular weight is 249 g/mol. The Hall–Kier alpha value is -1.55. The first-order valence-corrected chi connectivity index (χ1v) is 6.49. The van der Waals surface area contributed by atoms with E-state index in [1.807, 2.05) is 13.0 Å². The number of carboxylic acid groups (broad SMARTS) is 1. The zero-order valence-corrected chi connectivity index (χ0v) is 10.5. The Labute approximate surface area is 104 Å². The van der Waals surface area contributed by atoms with Crippen LogP contribution in [0.4, 0.5) is 5.69 Å². The molecule has 1 heterocycles. The minimum absolute atomic E-state index is 0.169. The Morgan fingerprint density at radius 1 is 1.47 bits per heavy atom. The van der Waals surface area contributed by atoms with E-state index in [0.717, 1.165) is 5.69 Å². The second kappa shape index (κ2) is 5.19. The number of rotatable bonds is 5. The summed E-state index contributed by atoms with van der Waals surface area (Å²) in [6.45, 7) is 2.00. The fourth-order valence-electron chi connectivity index (χ4n) is 1.75. The molecular weight excluding hydrogens is 234 g/mol. The molecule has 0 radical (unpaired) electrons. The Kier molecular flexibility index (Phi) is 3.64. The molecule has 0 saturated heterocycles. The van der Waals surface area contributed by atoms with E-state index < -0.39 is 5.97 Å². The smallest absolute Gasteiger partial charge is 0.303 e. The van der Waals surface area contributed by atoms with Crippen molar-refractivity contribution in [3.05, 3.63) is 29.6 Å². The third-order valence-electron chi connectivity index (χ3n) is 2.66. The molecule has 0 aliphatic carbocycles. The van der Waals surface area contributed by atoms with Crippen molar-refractivity contribution in [2.45, 2.75) is 25.8 Å². The summed E-state index contributed by atoms with van der Waals surface area (Å²) in [6, 6.07) is 8.49. The van der Waals surface area contributed by atoms with Crippen molar-refractivity contribution in [1.82, 2.24) is 0 Å². The van der Waals surface area contributed by atoms with Gasteiger partial charge in [0.05, 0.1) is 0 Å². The number of aliphatic carboxylic acids is 1. The zero-order chi connectivity index (χ0) is 12.3. The lowest BCUT2D eigenvalue weighted by Gasteiger charge is -2.14. The topological polar surface area (TPSA) is 49.3 Å². The second-order valence-electron chi connectivity index (χ2n) is 4.15. The van der Waals surface area contributed by atoms with E-state index in [-0.39, 0.29) is 12.5 Å². The van der Waals surface area contributed by atoms with E-state index in [4.69, 9.17) is 5.11 Å². The molecule has 0 bridgehead atoms. The maximum Gasteiger partial charge on any atom is 0.303 e. The summed E-state index contributed by atoms with van der Waals surface area (Å²) in [5.41, 5.74) is 1.05. The fourth-order valence-corrected chi connectivity index (χ4v) is 2.52. The molecule has 2 aromatic rings. The van der Waals surface area contributed by atoms with E-state index in [1.54, 1.807) is 11.3 Å². The minimum Gasteiger partial charge on any atom is -0.481 e. The van der Waals surface area contributed by atoms with E-state index >= 15 is 0 Å². The van der Waals surface area contributed by atoms with Crippen molar-refractivity contribution in [1.29, 1.82) is 0 Å². The summed E-state index contributed by atoms with van der Waals surface area (Å²) in [6.07, 6.45) is 0.839. The maximum absolute atomic E-state index is 10.5. The molecular formula is C13H15NO2S. The number of anilines is 1. The lowest BCUT2D eigenvalue weighted by Crippen LogP contribution is -2.16. The summed E-state index contributed by atoms with van der Waals surface area (Å²) in [5, 5.41) is 15.2. The molecule has 3 nitrogen and oxygen atoms in total. The second-order valence-corrected chi connectivity index (χ2v) is 5.10. The monoisotopic (exact) mass is 249 g/mol. The largest absolute Gasteiger partial charge is 0.481 e. The molecule has 0 spiro atoms. The van der Waals surface area contributed by atoms with Gasteiger partial charge in [-0.3, -0.25) is 4.79 Å². The molecule has 0 aliphatic heterocycles. The lowest BCUT2D eigenvalue weighted by atomic mass is 10.1. The van der Waals surface area contributed by atoms with Crippen molar-refractivity contribution in [3.63, 3.8) is 0 Å². The maximum atomic E-state index is 10.5. The molecule has 0 aliphatic rings. The molecule has 0 saturated carbocycles. The van der Waals surface area contributed by atoms with Crippen LogP contribution in [-0.2, 0) is 4.79 Å². The van der Waals surface area contributed by atoms with E-state index in [0.29, 0.717) is 6.42 Å². The average Bonchev–Trinajstić information content (AvgIpc) is 2.73. The first kappa shape index (κ1) is 11.9. The van der Waals surface area contributed by atoms with Crippen molar-refractivity contribution in [2.75, 3.05) is 5.32 Å². The first-order valence-electron chi connectivity index (χ1n) is 5.61. The summed E-state index contributed by atoms with van der Waals surface area (Å²) >= 11 is 1.72. The van der Waals surface area contributed by atoms with Gasteiger partial charge in [0.25, 0.3) is 0 Å². The highest BCUT2D eigenvalue weighted by Gasteiger charge is 2.05. The highest BCUT2D eigenvalue weighted by Crippen LogP contribution is 2.24. The number of thiophene rings is 1. The van der Waals surface area contributed by atoms with Crippen LogP contribution in [0, 0.1) is 0 Å². The van der Waals surface area contributed by atoms with Gasteiger partial charge in [-0.25, -0.2) is 0 Å². The van der Waals surface area contributed by atoms with Crippen molar-refractivity contribution in [2.24, 2.45) is 0 Å². The number of hydrogen-bond donors (Lipinski definition) is 2. The molecule has 1 aromatic heterocycles. The van der Waals surface area contributed by atoms with E-state index in [9.17, 15) is 4.79 Å². The Morgan fingerprint density at radius 2 is 2.29 bits per heavy atom. The number of carbonyl (C=O) groups is 1. The highest BCUT2D eigenvalue weighted by molar-refractivity contribution is 7.17. The summed E-state index contributed by atoms with van der Waals surface area (Å²) in [7, 11) is 0. The zero-order valence-electron chi connectivity index (χ0n) is 9.64. The van der Waals surface area contributed by atoms with E-state index in [1.165, 1.54) is 10.1 Å². The van der Waals surface area contributed by atoms with Gasteiger partial charge in [0.15, 0.2) is 0 Å². The van der Waals surface area contributed by atoms with Crippen LogP contribution in [0.3, 0.4) is 0 Å². The van der Waals surface area contributed by atoms with Crippen molar-refractivity contribution >= 4 is 33.1 Å². The molecule has 1 atom stereocenters. The van der Waals surface area contributed by atoms with Crippen LogP contribution in [0.15, 0.2) is 29.6 Å². The van der Waals surface area contributed by atoms with Crippen LogP contribution >= 0.6 is 11.3 Å². The highest BCUT2D eigenvalue weighted by atomic mass is 32.1. The van der Waals surface area contributed by atoms with Crippen LogP contribution in [0.1, 0.15) is 19.8 Å². The Bertz CT molecular complexity index is 521. The predicted octanol–water partition coefficient (Wildman–Crippen LogP) is 3.57. The van der Waals surface area contributed by atoms with Gasteiger partial charge in [0.2, 0.25) is 0 Å². The SMILES string of the molecule is CC(CCC(=O)O)Nc1ccc2sccc2c1. The molecule has 1 aromatic carbocycles. The van der Waals surface area contributed by atoms with Gasteiger partial charge >= 0.3 is 5.97 Å². The number of hydrogen-bond acceptors (Lipinski definition) is 3. The molecule has 4 heteroatoms. The standard InChI is InChI=1S/C13H15NO2S/c1-9(2-5-13(15)16)14-11-3-4-12-10(8-11)6-7-17-12/h3-4,6-9,14H,2,5H2,1H3,(H,15,16). The van der Waals surface area contributed by atoms with Gasteiger partial charge < -0.3 is 10.4 Å². The fraction of sp³-hybridized carbons (Fsp3) is 0.308. The van der Waals surface area contributed by atoms with Crippen molar-refractivity contribution in [3.8, 4) is 0 Å². The van der Waals surface area contributed by atoms with Crippen molar-refractivity contribution < 1.29 is 9.90 Å². The molecule has 1 unspecified atom stereocenters. The van der Waals surface area contributed by atoms with E-state index in [2.05, 4.69) is 28.9 Å². The van der Waals surface area contributed by atoms with Crippen LogP contribution in [0.5, 0.6) is 0 Å². The number of carboxylic acids is 1. The van der Waals surface area contributed by atoms with Gasteiger partial charge in [-0.05, 0) is 48.4 Å². The van der Waals surface area contributed by atoms with Crippen LogP contribution < -0.4 is 5.32 Å². The summed E-state index contributed by atoms with van der Waals surface area (Å²) < 4.78 is 1.27. The Balaban J connectivity index is 1.99. The summed E-state index contributed by atoms with van der Waals surface area (Å²) in [5.74, 6) is -0.744. The van der Waals surface area contributed by atoms with Crippen LogP contribution in [0.2, 0.25) is 0 Å². The third kappa shape index (κ3) is 3.20. The molecule has 2 N–H and O–H groups in total. The lowest BCUT2D eigenvalue weighted by molar-refractivity contribution is -0.137. The number of benzene rings is 1. The van der Waals surface area contributed by atoms with Crippen LogP contribution in [0.25, 0.3) is 10.1 Å². The number of fused-ring (bicyclic) bond motifs is 1. The third-order valence-corrected chi connectivity index (χ3v) is 3.55. The molecule has 2 rings (SSSR count). The normalized spacial score (nSPS) is 12.5. The first-order chi connectivity index (χ1) is 8.15. The molecule has 0 amide bonds. The number of nitrogens with one attached hydrogen (secondary N) is 1. The Morgan fingerprint density at radius 3 is 3.06 bits per heavy atom. The van der Waals surface area contributed by atoms with Gasteiger partial charge in [0.1, 0.15) is 0 Å². The predicted molar refractivity (Wildman–Crippen MR) is 71.8 cm³/mol. The quantitative estimate of drug-likeness (QED) is 0.851.